The number of nitrogens with two attached hydrogens (primary N) is 1. The third kappa shape index (κ3) is 3.07. The van der Waals surface area contributed by atoms with Gasteiger partial charge in [0.2, 0.25) is 0 Å². The summed E-state index contributed by atoms with van der Waals surface area (Å²) in [5, 5.41) is 3.26. The average Bonchev–Trinajstić information content (AvgIpc) is 2.26. The lowest BCUT2D eigenvalue weighted by molar-refractivity contribution is 0.628. The van der Waals surface area contributed by atoms with Crippen molar-refractivity contribution in [2.45, 2.75) is 13.3 Å². The molecule has 0 radical (unpaired) electrons. The number of hydrogen-bond acceptors (Lipinski definition) is 4. The van der Waals surface area contributed by atoms with E-state index in [9.17, 15) is 4.39 Å². The van der Waals surface area contributed by atoms with Crippen LogP contribution in [0.5, 0.6) is 0 Å². The molecule has 1 aromatic carbocycles. The van der Waals surface area contributed by atoms with Crippen LogP contribution in [-0.4, -0.2) is 9.97 Å². The van der Waals surface area contributed by atoms with Crippen molar-refractivity contribution in [1.29, 1.82) is 0 Å². The van der Waals surface area contributed by atoms with Gasteiger partial charge in [0.1, 0.15) is 23.3 Å². The monoisotopic (exact) mass is 266 g/mol. The minimum absolute atomic E-state index is 0.315. The molecule has 0 saturated carbocycles. The van der Waals surface area contributed by atoms with Crippen LogP contribution in [0.3, 0.4) is 0 Å². The molecule has 0 aliphatic heterocycles. The van der Waals surface area contributed by atoms with E-state index in [4.69, 9.17) is 17.3 Å². The second kappa shape index (κ2) is 5.18. The summed E-state index contributed by atoms with van der Waals surface area (Å²) in [6, 6.07) is 5.75. The van der Waals surface area contributed by atoms with E-state index in [1.54, 1.807) is 12.1 Å². The van der Waals surface area contributed by atoms with Crippen LogP contribution in [0, 0.1) is 5.82 Å². The first-order valence-corrected chi connectivity index (χ1v) is 5.81. The second-order valence-corrected chi connectivity index (χ2v) is 4.17. The molecule has 18 heavy (non-hydrogen) atoms. The van der Waals surface area contributed by atoms with Crippen LogP contribution >= 0.6 is 11.6 Å². The fourth-order valence-corrected chi connectivity index (χ4v) is 1.74. The van der Waals surface area contributed by atoms with Gasteiger partial charge in [-0.15, -0.1) is 0 Å². The van der Waals surface area contributed by atoms with Gasteiger partial charge in [0.05, 0.1) is 0 Å². The standard InChI is InChI=1S/C12H12ClFN4/c1-2-11-17-10(15)6-12(18-11)16-9-4-7(13)3-8(14)5-9/h3-6H,2H2,1H3,(H3,15,16,17,18). The fourth-order valence-electron chi connectivity index (χ4n) is 1.51. The zero-order valence-corrected chi connectivity index (χ0v) is 10.5. The van der Waals surface area contributed by atoms with Crippen LogP contribution in [0.1, 0.15) is 12.7 Å². The van der Waals surface area contributed by atoms with Crippen LogP contribution in [0.25, 0.3) is 0 Å². The minimum Gasteiger partial charge on any atom is -0.384 e. The molecule has 0 saturated heterocycles. The molecule has 3 N–H and O–H groups in total. The number of nitrogens with one attached hydrogen (secondary N) is 1. The Hall–Kier alpha value is -1.88. The molecule has 1 aromatic heterocycles. The predicted molar refractivity (Wildman–Crippen MR) is 70.5 cm³/mol. The van der Waals surface area contributed by atoms with Crippen molar-refractivity contribution in [1.82, 2.24) is 9.97 Å². The van der Waals surface area contributed by atoms with E-state index in [1.165, 1.54) is 12.1 Å². The first-order chi connectivity index (χ1) is 8.56. The summed E-state index contributed by atoms with van der Waals surface area (Å²) in [5.41, 5.74) is 6.17. The van der Waals surface area contributed by atoms with Gasteiger partial charge in [-0.3, -0.25) is 0 Å². The van der Waals surface area contributed by atoms with Crippen molar-refractivity contribution in [3.8, 4) is 0 Å². The summed E-state index contributed by atoms with van der Waals surface area (Å²) >= 11 is 5.77. The maximum Gasteiger partial charge on any atom is 0.136 e. The lowest BCUT2D eigenvalue weighted by Gasteiger charge is -2.08. The highest BCUT2D eigenvalue weighted by Gasteiger charge is 2.04. The third-order valence-electron chi connectivity index (χ3n) is 2.24. The molecule has 94 valence electrons. The maximum atomic E-state index is 13.2. The van der Waals surface area contributed by atoms with Gasteiger partial charge in [-0.1, -0.05) is 18.5 Å². The number of nitrogen functional groups attached to an aromatic ring is 1. The van der Waals surface area contributed by atoms with E-state index >= 15 is 0 Å². The second-order valence-electron chi connectivity index (χ2n) is 3.73. The van der Waals surface area contributed by atoms with Crippen LogP contribution in [-0.2, 0) is 6.42 Å². The molecule has 6 heteroatoms. The maximum absolute atomic E-state index is 13.2. The smallest absolute Gasteiger partial charge is 0.136 e. The topological polar surface area (TPSA) is 63.8 Å². The highest BCUT2D eigenvalue weighted by molar-refractivity contribution is 6.30. The molecule has 0 unspecified atom stereocenters. The molecule has 0 atom stereocenters. The highest BCUT2D eigenvalue weighted by atomic mass is 35.5. The first kappa shape index (κ1) is 12.6. The molecule has 4 nitrogen and oxygen atoms in total. The Kier molecular flexibility index (Phi) is 3.62. The molecular weight excluding hydrogens is 255 g/mol. The Labute approximate surface area is 109 Å². The quantitative estimate of drug-likeness (QED) is 0.896. The van der Waals surface area contributed by atoms with Crippen LogP contribution in [0.2, 0.25) is 5.02 Å². The molecule has 0 fully saturated rings. The average molecular weight is 267 g/mol. The van der Waals surface area contributed by atoms with Gasteiger partial charge in [-0.25, -0.2) is 14.4 Å². The van der Waals surface area contributed by atoms with Gasteiger partial charge < -0.3 is 11.1 Å². The Balaban J connectivity index is 2.30. The minimum atomic E-state index is -0.414. The van der Waals surface area contributed by atoms with E-state index in [1.807, 2.05) is 6.92 Å². The van der Waals surface area contributed by atoms with E-state index in [2.05, 4.69) is 15.3 Å². The lowest BCUT2D eigenvalue weighted by atomic mass is 10.3. The van der Waals surface area contributed by atoms with Crippen molar-refractivity contribution in [2.75, 3.05) is 11.1 Å². The molecule has 1 heterocycles. The summed E-state index contributed by atoms with van der Waals surface area (Å²) in [6.07, 6.45) is 0.670. The fraction of sp³-hybridized carbons (Fsp3) is 0.167. The summed E-state index contributed by atoms with van der Waals surface area (Å²) in [6.45, 7) is 1.93. The van der Waals surface area contributed by atoms with Gasteiger partial charge >= 0.3 is 0 Å². The number of halogens is 2. The van der Waals surface area contributed by atoms with Crippen LogP contribution < -0.4 is 11.1 Å². The SMILES string of the molecule is CCc1nc(N)cc(Nc2cc(F)cc(Cl)c2)n1. The summed E-state index contributed by atoms with van der Waals surface area (Å²) < 4.78 is 13.2. The Bertz CT molecular complexity index is 554. The normalized spacial score (nSPS) is 10.4. The molecule has 0 bridgehead atoms. The number of rotatable bonds is 3. The number of aryl methyl sites for hydroxylation is 1. The van der Waals surface area contributed by atoms with E-state index in [0.717, 1.165) is 0 Å². The van der Waals surface area contributed by atoms with Gasteiger partial charge in [-0.2, -0.15) is 0 Å². The van der Waals surface area contributed by atoms with Gasteiger partial charge in [0.15, 0.2) is 0 Å². The van der Waals surface area contributed by atoms with E-state index in [-0.39, 0.29) is 0 Å². The molecule has 2 aromatic rings. The number of benzene rings is 1. The van der Waals surface area contributed by atoms with Crippen molar-refractivity contribution in [3.63, 3.8) is 0 Å². The molecule has 0 aliphatic rings. The van der Waals surface area contributed by atoms with Gasteiger partial charge in [0.25, 0.3) is 0 Å². The predicted octanol–water partition coefficient (Wildman–Crippen LogP) is 3.16. The Morgan fingerprint density at radius 3 is 2.72 bits per heavy atom. The van der Waals surface area contributed by atoms with Crippen LogP contribution in [0.4, 0.5) is 21.7 Å². The largest absolute Gasteiger partial charge is 0.384 e. The Morgan fingerprint density at radius 2 is 2.06 bits per heavy atom. The molecular formula is C12H12ClFN4. The third-order valence-corrected chi connectivity index (χ3v) is 2.46. The first-order valence-electron chi connectivity index (χ1n) is 5.43. The lowest BCUT2D eigenvalue weighted by Crippen LogP contribution is -2.02. The summed E-state index contributed by atoms with van der Waals surface area (Å²) in [5.74, 6) is 1.09. The summed E-state index contributed by atoms with van der Waals surface area (Å²) in [7, 11) is 0. The van der Waals surface area contributed by atoms with Gasteiger partial charge in [0, 0.05) is 23.2 Å². The molecule has 0 aliphatic carbocycles. The number of hydrogen-bond donors (Lipinski definition) is 2. The summed E-state index contributed by atoms with van der Waals surface area (Å²) in [4.78, 5) is 8.29. The van der Waals surface area contributed by atoms with E-state index < -0.39 is 5.82 Å². The Morgan fingerprint density at radius 1 is 1.28 bits per heavy atom. The van der Waals surface area contributed by atoms with Crippen molar-refractivity contribution >= 4 is 28.9 Å². The van der Waals surface area contributed by atoms with Crippen LogP contribution in [0.15, 0.2) is 24.3 Å². The number of aromatic nitrogens is 2. The van der Waals surface area contributed by atoms with Crippen molar-refractivity contribution in [2.24, 2.45) is 0 Å². The molecule has 2 rings (SSSR count). The van der Waals surface area contributed by atoms with Gasteiger partial charge in [-0.05, 0) is 18.2 Å². The number of anilines is 3. The zero-order chi connectivity index (χ0) is 13.1. The highest BCUT2D eigenvalue weighted by Crippen LogP contribution is 2.21. The van der Waals surface area contributed by atoms with E-state index in [0.29, 0.717) is 34.6 Å². The molecule has 0 spiro atoms. The number of nitrogens with zero attached hydrogens (tertiary/aromatic N) is 2. The zero-order valence-electron chi connectivity index (χ0n) is 9.74. The van der Waals surface area contributed by atoms with Crippen molar-refractivity contribution in [3.05, 3.63) is 40.9 Å². The molecule has 0 amide bonds. The van der Waals surface area contributed by atoms with Crippen molar-refractivity contribution < 1.29 is 4.39 Å².